The van der Waals surface area contributed by atoms with Gasteiger partial charge in [0.1, 0.15) is 18.1 Å². The van der Waals surface area contributed by atoms with E-state index in [4.69, 9.17) is 21.1 Å². The first-order chi connectivity index (χ1) is 14.3. The zero-order chi connectivity index (χ0) is 24.3. The number of aliphatic hydroxyl groups excluding tert-OH is 1. The standard InChI is InChI=1S/C19H34N4O8/c1-5-10(4)15(20)18(29)22-11(6-9(2)3)16(27)21-12(7-14(25)26)17(28)23-13(8-24)19(30)31/h9-13,15,24H,5-8,20H2,1-4H3,(H,21,27)(H,22,29)(H,23,28)(H,25,26)(H,30,31). The number of carbonyl (C=O) groups is 5. The van der Waals surface area contributed by atoms with Crippen LogP contribution < -0.4 is 21.7 Å². The van der Waals surface area contributed by atoms with E-state index in [1.807, 2.05) is 12.2 Å². The number of hydrogen-bond acceptors (Lipinski definition) is 7. The van der Waals surface area contributed by atoms with E-state index in [9.17, 15) is 24.0 Å². The van der Waals surface area contributed by atoms with E-state index in [0.29, 0.717) is 6.42 Å². The summed E-state index contributed by atoms with van der Waals surface area (Å²) >= 11 is 0. The molecule has 8 N–H and O–H groups in total. The van der Waals surface area contributed by atoms with Crippen LogP contribution in [0.5, 0.6) is 0 Å². The molecule has 0 aliphatic carbocycles. The minimum absolute atomic E-state index is 0.0339. The third kappa shape index (κ3) is 10.2. The number of carboxylic acid groups (broad SMARTS) is 2. The summed E-state index contributed by atoms with van der Waals surface area (Å²) in [7, 11) is 0. The maximum Gasteiger partial charge on any atom is 0.328 e. The second kappa shape index (κ2) is 13.5. The topological polar surface area (TPSA) is 208 Å². The normalized spacial score (nSPS) is 15.8. The monoisotopic (exact) mass is 446 g/mol. The van der Waals surface area contributed by atoms with E-state index < -0.39 is 66.9 Å². The first kappa shape index (κ1) is 28.3. The van der Waals surface area contributed by atoms with Gasteiger partial charge >= 0.3 is 11.9 Å². The molecule has 12 heteroatoms. The smallest absolute Gasteiger partial charge is 0.328 e. The summed E-state index contributed by atoms with van der Waals surface area (Å²) in [5.74, 6) is -5.58. The van der Waals surface area contributed by atoms with Crippen LogP contribution >= 0.6 is 0 Å². The molecule has 0 fully saturated rings. The molecular weight excluding hydrogens is 412 g/mol. The number of rotatable bonds is 14. The molecular formula is C19H34N4O8. The third-order valence-electron chi connectivity index (χ3n) is 4.71. The van der Waals surface area contributed by atoms with Crippen molar-refractivity contribution in [3.63, 3.8) is 0 Å². The van der Waals surface area contributed by atoms with Crippen molar-refractivity contribution < 1.29 is 39.3 Å². The molecule has 31 heavy (non-hydrogen) atoms. The van der Waals surface area contributed by atoms with Crippen LogP contribution in [-0.2, 0) is 24.0 Å². The van der Waals surface area contributed by atoms with Crippen LogP contribution in [-0.4, -0.2) is 75.8 Å². The van der Waals surface area contributed by atoms with E-state index in [1.54, 1.807) is 20.8 Å². The number of carbonyl (C=O) groups excluding carboxylic acids is 3. The largest absolute Gasteiger partial charge is 0.481 e. The number of nitrogens with two attached hydrogens (primary N) is 1. The van der Waals surface area contributed by atoms with Gasteiger partial charge in [-0.1, -0.05) is 34.1 Å². The molecule has 0 spiro atoms. The molecule has 0 aromatic carbocycles. The Morgan fingerprint density at radius 1 is 0.839 bits per heavy atom. The van der Waals surface area contributed by atoms with Crippen LogP contribution in [0.1, 0.15) is 47.0 Å². The van der Waals surface area contributed by atoms with Gasteiger partial charge in [0.15, 0.2) is 0 Å². The Labute approximate surface area is 180 Å². The number of hydrogen-bond donors (Lipinski definition) is 7. The molecule has 0 aromatic rings. The first-order valence-corrected chi connectivity index (χ1v) is 10.1. The van der Waals surface area contributed by atoms with Crippen molar-refractivity contribution in [2.45, 2.75) is 71.1 Å². The first-order valence-electron chi connectivity index (χ1n) is 10.1. The molecule has 178 valence electrons. The van der Waals surface area contributed by atoms with Crippen molar-refractivity contribution in [2.75, 3.05) is 6.61 Å². The average molecular weight is 447 g/mol. The van der Waals surface area contributed by atoms with Crippen LogP contribution in [0.2, 0.25) is 0 Å². The van der Waals surface area contributed by atoms with Gasteiger partial charge in [-0.05, 0) is 18.3 Å². The fourth-order valence-electron chi connectivity index (χ4n) is 2.60. The van der Waals surface area contributed by atoms with E-state index in [0.717, 1.165) is 0 Å². The highest BCUT2D eigenvalue weighted by molar-refractivity contribution is 5.95. The van der Waals surface area contributed by atoms with Crippen molar-refractivity contribution in [1.82, 2.24) is 16.0 Å². The predicted octanol–water partition coefficient (Wildman–Crippen LogP) is -1.59. The number of amides is 3. The lowest BCUT2D eigenvalue weighted by Crippen LogP contribution is -2.58. The Morgan fingerprint density at radius 2 is 1.32 bits per heavy atom. The molecule has 0 bridgehead atoms. The van der Waals surface area contributed by atoms with E-state index in [1.165, 1.54) is 0 Å². The third-order valence-corrected chi connectivity index (χ3v) is 4.71. The summed E-state index contributed by atoms with van der Waals surface area (Å²) in [6, 6.07) is -5.22. The Kier molecular flexibility index (Phi) is 12.4. The van der Waals surface area contributed by atoms with Crippen molar-refractivity contribution in [1.29, 1.82) is 0 Å². The Balaban J connectivity index is 5.48. The van der Waals surface area contributed by atoms with Crippen molar-refractivity contribution in [2.24, 2.45) is 17.6 Å². The number of carboxylic acids is 2. The van der Waals surface area contributed by atoms with Crippen molar-refractivity contribution >= 4 is 29.7 Å². The van der Waals surface area contributed by atoms with Gasteiger partial charge in [0.2, 0.25) is 17.7 Å². The van der Waals surface area contributed by atoms with E-state index in [2.05, 4.69) is 10.6 Å². The van der Waals surface area contributed by atoms with Crippen LogP contribution in [0, 0.1) is 11.8 Å². The predicted molar refractivity (Wildman–Crippen MR) is 110 cm³/mol. The zero-order valence-electron chi connectivity index (χ0n) is 18.3. The molecule has 12 nitrogen and oxygen atoms in total. The molecule has 0 aliphatic heterocycles. The molecule has 0 aromatic heterocycles. The van der Waals surface area contributed by atoms with Gasteiger partial charge in [-0.15, -0.1) is 0 Å². The second-order valence-corrected chi connectivity index (χ2v) is 7.84. The summed E-state index contributed by atoms with van der Waals surface area (Å²) in [5, 5.41) is 33.8. The highest BCUT2D eigenvalue weighted by Gasteiger charge is 2.32. The summed E-state index contributed by atoms with van der Waals surface area (Å²) in [5.41, 5.74) is 5.90. The highest BCUT2D eigenvalue weighted by atomic mass is 16.4. The summed E-state index contributed by atoms with van der Waals surface area (Å²) in [6.45, 7) is 6.34. The van der Waals surface area contributed by atoms with Gasteiger partial charge in [0.05, 0.1) is 19.1 Å². The Hall–Kier alpha value is -2.73. The molecule has 5 atom stereocenters. The van der Waals surface area contributed by atoms with Crippen LogP contribution in [0.25, 0.3) is 0 Å². The molecule has 0 rings (SSSR count). The number of aliphatic hydroxyl groups is 1. The highest BCUT2D eigenvalue weighted by Crippen LogP contribution is 2.09. The molecule has 0 saturated heterocycles. The van der Waals surface area contributed by atoms with Crippen molar-refractivity contribution in [3.05, 3.63) is 0 Å². The molecule has 5 unspecified atom stereocenters. The van der Waals surface area contributed by atoms with Gasteiger partial charge < -0.3 is 37.0 Å². The minimum atomic E-state index is -1.67. The summed E-state index contributed by atoms with van der Waals surface area (Å²) in [4.78, 5) is 59.6. The number of aliphatic carboxylic acids is 2. The average Bonchev–Trinajstić information content (AvgIpc) is 2.68. The molecule has 0 heterocycles. The van der Waals surface area contributed by atoms with Crippen LogP contribution in [0.15, 0.2) is 0 Å². The fourth-order valence-corrected chi connectivity index (χ4v) is 2.60. The van der Waals surface area contributed by atoms with E-state index >= 15 is 0 Å². The lowest BCUT2D eigenvalue weighted by Gasteiger charge is -2.26. The number of nitrogens with one attached hydrogen (secondary N) is 3. The molecule has 3 amide bonds. The van der Waals surface area contributed by atoms with Gasteiger partial charge in [-0.3, -0.25) is 19.2 Å². The zero-order valence-corrected chi connectivity index (χ0v) is 18.3. The lowest BCUT2D eigenvalue weighted by molar-refractivity contribution is -0.144. The summed E-state index contributed by atoms with van der Waals surface area (Å²) in [6.07, 6.45) is 0.0107. The molecule has 0 aliphatic rings. The van der Waals surface area contributed by atoms with Crippen LogP contribution in [0.3, 0.4) is 0 Å². The molecule has 0 radical (unpaired) electrons. The van der Waals surface area contributed by atoms with Gasteiger partial charge in [-0.25, -0.2) is 4.79 Å². The van der Waals surface area contributed by atoms with Crippen molar-refractivity contribution in [3.8, 4) is 0 Å². The second-order valence-electron chi connectivity index (χ2n) is 7.84. The van der Waals surface area contributed by atoms with Gasteiger partial charge in [0.25, 0.3) is 0 Å². The summed E-state index contributed by atoms with van der Waals surface area (Å²) < 4.78 is 0. The SMILES string of the molecule is CCC(C)C(N)C(=O)NC(CC(C)C)C(=O)NC(CC(=O)O)C(=O)NC(CO)C(=O)O. The maximum atomic E-state index is 12.8. The lowest BCUT2D eigenvalue weighted by atomic mass is 9.97. The van der Waals surface area contributed by atoms with Crippen LogP contribution in [0.4, 0.5) is 0 Å². The quantitative estimate of drug-likeness (QED) is 0.164. The Bertz CT molecular complexity index is 655. The van der Waals surface area contributed by atoms with Gasteiger partial charge in [-0.2, -0.15) is 0 Å². The molecule has 0 saturated carbocycles. The fraction of sp³-hybridized carbons (Fsp3) is 0.737. The minimum Gasteiger partial charge on any atom is -0.481 e. The maximum absolute atomic E-state index is 12.8. The van der Waals surface area contributed by atoms with Gasteiger partial charge in [0, 0.05) is 0 Å². The Morgan fingerprint density at radius 3 is 1.74 bits per heavy atom. The van der Waals surface area contributed by atoms with E-state index in [-0.39, 0.29) is 18.3 Å².